The third-order valence-corrected chi connectivity index (χ3v) is 2.24. The van der Waals surface area contributed by atoms with E-state index in [2.05, 4.69) is 0 Å². The Kier molecular flexibility index (Phi) is 3.84. The Morgan fingerprint density at radius 1 is 1.62 bits per heavy atom. The minimum absolute atomic E-state index is 0.00490. The van der Waals surface area contributed by atoms with Gasteiger partial charge in [-0.1, -0.05) is 13.0 Å². The van der Waals surface area contributed by atoms with Gasteiger partial charge in [-0.05, 0) is 19.4 Å². The molecule has 1 aromatic rings. The number of nitro groups is 1. The number of nitro benzene ring substituents is 1. The Labute approximate surface area is 93.4 Å². The molecule has 0 N–H and O–H groups in total. The van der Waals surface area contributed by atoms with Crippen LogP contribution in [-0.4, -0.2) is 11.0 Å². The van der Waals surface area contributed by atoms with Gasteiger partial charge in [0.1, 0.15) is 11.8 Å². The Morgan fingerprint density at radius 3 is 2.81 bits per heavy atom. The molecule has 0 saturated carbocycles. The van der Waals surface area contributed by atoms with Crippen molar-refractivity contribution in [2.75, 3.05) is 0 Å². The summed E-state index contributed by atoms with van der Waals surface area (Å²) in [5, 5.41) is 19.4. The maximum Gasteiger partial charge on any atom is 0.276 e. The van der Waals surface area contributed by atoms with Crippen LogP contribution in [0.5, 0.6) is 5.75 Å². The van der Waals surface area contributed by atoms with Crippen LogP contribution in [-0.2, 0) is 0 Å². The van der Waals surface area contributed by atoms with Gasteiger partial charge in [-0.3, -0.25) is 10.1 Å². The minimum atomic E-state index is -0.569. The molecule has 1 atom stereocenters. The van der Waals surface area contributed by atoms with Gasteiger partial charge < -0.3 is 4.74 Å². The van der Waals surface area contributed by atoms with Crippen molar-refractivity contribution in [1.29, 1.82) is 5.26 Å². The molecular weight excluding hydrogens is 208 g/mol. The maximum absolute atomic E-state index is 10.7. The molecule has 0 radical (unpaired) electrons. The number of hydrogen-bond donors (Lipinski definition) is 0. The minimum Gasteiger partial charge on any atom is -0.475 e. The smallest absolute Gasteiger partial charge is 0.276 e. The standard InChI is InChI=1S/C11H12N2O3/c1-3-9(7-12)16-11-6-4-5-10(8(11)2)13(14)15/h4-6,9H,3H2,1-2H3. The van der Waals surface area contributed by atoms with Gasteiger partial charge in [-0.25, -0.2) is 0 Å². The quantitative estimate of drug-likeness (QED) is 0.577. The van der Waals surface area contributed by atoms with Gasteiger partial charge >= 0.3 is 0 Å². The lowest BCUT2D eigenvalue weighted by molar-refractivity contribution is -0.385. The molecule has 0 fully saturated rings. The van der Waals surface area contributed by atoms with Gasteiger partial charge in [-0.2, -0.15) is 5.26 Å². The van der Waals surface area contributed by atoms with Gasteiger partial charge in [0.05, 0.1) is 10.5 Å². The molecule has 84 valence electrons. The summed E-state index contributed by atoms with van der Waals surface area (Å²) in [6.45, 7) is 3.43. The molecule has 0 saturated heterocycles. The van der Waals surface area contributed by atoms with Gasteiger partial charge in [0, 0.05) is 6.07 Å². The Hall–Kier alpha value is -2.09. The summed E-state index contributed by atoms with van der Waals surface area (Å²) in [6, 6.07) is 6.57. The molecule has 0 aliphatic heterocycles. The molecule has 0 amide bonds. The van der Waals surface area contributed by atoms with E-state index in [-0.39, 0.29) is 5.69 Å². The average Bonchev–Trinajstić information content (AvgIpc) is 2.27. The van der Waals surface area contributed by atoms with E-state index in [4.69, 9.17) is 10.00 Å². The van der Waals surface area contributed by atoms with Crippen LogP contribution in [0.4, 0.5) is 5.69 Å². The monoisotopic (exact) mass is 220 g/mol. The first kappa shape index (κ1) is 12.0. The van der Waals surface area contributed by atoms with Crippen LogP contribution >= 0.6 is 0 Å². The SMILES string of the molecule is CCC(C#N)Oc1cccc([N+](=O)[O-])c1C. The van der Waals surface area contributed by atoms with Crippen molar-refractivity contribution in [3.05, 3.63) is 33.9 Å². The number of ether oxygens (including phenoxy) is 1. The molecule has 1 rings (SSSR count). The van der Waals surface area contributed by atoms with Gasteiger partial charge in [-0.15, -0.1) is 0 Å². The van der Waals surface area contributed by atoms with E-state index in [1.165, 1.54) is 6.07 Å². The van der Waals surface area contributed by atoms with E-state index in [9.17, 15) is 10.1 Å². The fourth-order valence-corrected chi connectivity index (χ4v) is 1.28. The molecule has 0 aliphatic rings. The summed E-state index contributed by atoms with van der Waals surface area (Å²) >= 11 is 0. The topological polar surface area (TPSA) is 76.2 Å². The van der Waals surface area contributed by atoms with Gasteiger partial charge in [0.25, 0.3) is 5.69 Å². The number of nitriles is 1. The van der Waals surface area contributed by atoms with E-state index in [0.29, 0.717) is 17.7 Å². The lowest BCUT2D eigenvalue weighted by Crippen LogP contribution is -2.13. The number of benzene rings is 1. The molecule has 0 heterocycles. The Bertz CT molecular complexity index is 437. The third kappa shape index (κ3) is 2.48. The van der Waals surface area contributed by atoms with E-state index in [1.807, 2.05) is 13.0 Å². The van der Waals surface area contributed by atoms with Crippen molar-refractivity contribution < 1.29 is 9.66 Å². The highest BCUT2D eigenvalue weighted by Crippen LogP contribution is 2.27. The second-order valence-corrected chi connectivity index (χ2v) is 3.30. The second kappa shape index (κ2) is 5.12. The highest BCUT2D eigenvalue weighted by Gasteiger charge is 2.16. The van der Waals surface area contributed by atoms with Crippen LogP contribution in [0.1, 0.15) is 18.9 Å². The van der Waals surface area contributed by atoms with E-state index in [1.54, 1.807) is 19.1 Å². The lowest BCUT2D eigenvalue weighted by Gasteiger charge is -2.12. The van der Waals surface area contributed by atoms with Crippen molar-refractivity contribution in [2.45, 2.75) is 26.4 Å². The summed E-state index contributed by atoms with van der Waals surface area (Å²) in [6.07, 6.45) is -0.0285. The molecule has 0 aliphatic carbocycles. The lowest BCUT2D eigenvalue weighted by atomic mass is 10.2. The first-order chi connectivity index (χ1) is 7.60. The van der Waals surface area contributed by atoms with Crippen LogP contribution in [0, 0.1) is 28.4 Å². The molecule has 5 nitrogen and oxygen atoms in total. The maximum atomic E-state index is 10.7. The highest BCUT2D eigenvalue weighted by atomic mass is 16.6. The van der Waals surface area contributed by atoms with E-state index in [0.717, 1.165) is 0 Å². The summed E-state index contributed by atoms with van der Waals surface area (Å²) in [5.74, 6) is 0.391. The van der Waals surface area contributed by atoms with Crippen LogP contribution < -0.4 is 4.74 Å². The largest absolute Gasteiger partial charge is 0.475 e. The van der Waals surface area contributed by atoms with E-state index >= 15 is 0 Å². The molecule has 0 aromatic heterocycles. The highest BCUT2D eigenvalue weighted by molar-refractivity contribution is 5.48. The summed E-state index contributed by atoms with van der Waals surface area (Å²) in [4.78, 5) is 10.2. The summed E-state index contributed by atoms with van der Waals surface area (Å²) in [7, 11) is 0. The van der Waals surface area contributed by atoms with Crippen LogP contribution in [0.3, 0.4) is 0 Å². The van der Waals surface area contributed by atoms with Crippen molar-refractivity contribution in [3.63, 3.8) is 0 Å². The summed E-state index contributed by atoms with van der Waals surface area (Å²) < 4.78 is 5.37. The number of rotatable bonds is 4. The van der Waals surface area contributed by atoms with E-state index < -0.39 is 11.0 Å². The van der Waals surface area contributed by atoms with Crippen molar-refractivity contribution in [3.8, 4) is 11.8 Å². The normalized spacial score (nSPS) is 11.6. The number of nitrogens with zero attached hydrogens (tertiary/aromatic N) is 2. The van der Waals surface area contributed by atoms with Gasteiger partial charge in [0.15, 0.2) is 6.10 Å². The molecular formula is C11H12N2O3. The zero-order valence-electron chi connectivity index (χ0n) is 9.14. The fraction of sp³-hybridized carbons (Fsp3) is 0.364. The van der Waals surface area contributed by atoms with Crippen molar-refractivity contribution in [2.24, 2.45) is 0 Å². The van der Waals surface area contributed by atoms with Crippen LogP contribution in [0.2, 0.25) is 0 Å². The zero-order chi connectivity index (χ0) is 12.1. The molecule has 1 aromatic carbocycles. The fourth-order valence-electron chi connectivity index (χ4n) is 1.28. The predicted octanol–water partition coefficient (Wildman–Crippen LogP) is 2.58. The number of hydrogen-bond acceptors (Lipinski definition) is 4. The second-order valence-electron chi connectivity index (χ2n) is 3.30. The first-order valence-electron chi connectivity index (χ1n) is 4.90. The summed E-state index contributed by atoms with van der Waals surface area (Å²) in [5.41, 5.74) is 0.450. The molecule has 5 heteroatoms. The first-order valence-corrected chi connectivity index (χ1v) is 4.90. The van der Waals surface area contributed by atoms with Gasteiger partial charge in [0.2, 0.25) is 0 Å². The molecule has 0 bridgehead atoms. The Morgan fingerprint density at radius 2 is 2.31 bits per heavy atom. The molecule has 0 spiro atoms. The molecule has 1 unspecified atom stereocenters. The molecule has 16 heavy (non-hydrogen) atoms. The Balaban J connectivity index is 3.02. The van der Waals surface area contributed by atoms with Crippen LogP contribution in [0.25, 0.3) is 0 Å². The van der Waals surface area contributed by atoms with Crippen molar-refractivity contribution in [1.82, 2.24) is 0 Å². The third-order valence-electron chi connectivity index (χ3n) is 2.24. The van der Waals surface area contributed by atoms with Crippen molar-refractivity contribution >= 4 is 5.69 Å². The predicted molar refractivity (Wildman–Crippen MR) is 58.2 cm³/mol. The average molecular weight is 220 g/mol. The zero-order valence-corrected chi connectivity index (χ0v) is 9.14. The van der Waals surface area contributed by atoms with Crippen LogP contribution in [0.15, 0.2) is 18.2 Å².